The molecule has 0 fully saturated rings. The highest BCUT2D eigenvalue weighted by molar-refractivity contribution is 5.71. The van der Waals surface area contributed by atoms with Crippen LogP contribution in [0.4, 0.5) is 0 Å². The minimum atomic E-state index is -0.794. The Labute approximate surface area is 429 Å². The zero-order chi connectivity index (χ0) is 50.0. The molecule has 404 valence electrons. The van der Waals surface area contributed by atoms with Gasteiger partial charge in [0.05, 0.1) is 0 Å². The predicted octanol–water partition coefficient (Wildman–Crippen LogP) is 20.4. The standard InChI is InChI=1S/C63H116O6/c1-4-7-10-13-16-19-22-25-27-29-31-33-35-38-41-44-47-50-53-56-62(65)68-59-60(58-67-61(64)55-52-49-46-43-40-37-24-21-18-15-12-9-6-3)69-63(66)57-54-51-48-45-42-39-36-34-32-30-28-26-23-20-17-14-11-8-5-2/h29,31,37,40,46,49,60H,4-28,30,32-36,38-39,41-45,47-48,50-59H2,1-3H3/b31-29-,40-37-,49-46-. The number of carbonyl (C=O) groups is 3. The van der Waals surface area contributed by atoms with Crippen molar-refractivity contribution in [3.05, 3.63) is 36.5 Å². The maximum atomic E-state index is 12.9. The zero-order valence-electron chi connectivity index (χ0n) is 46.3. The first-order valence-electron chi connectivity index (χ1n) is 30.5. The molecular formula is C63H116O6. The van der Waals surface area contributed by atoms with Gasteiger partial charge >= 0.3 is 17.9 Å². The molecule has 6 nitrogen and oxygen atoms in total. The van der Waals surface area contributed by atoms with E-state index in [1.807, 2.05) is 6.08 Å². The van der Waals surface area contributed by atoms with Crippen LogP contribution in [0.5, 0.6) is 0 Å². The van der Waals surface area contributed by atoms with Crippen molar-refractivity contribution in [3.63, 3.8) is 0 Å². The maximum absolute atomic E-state index is 12.9. The van der Waals surface area contributed by atoms with Gasteiger partial charge < -0.3 is 14.2 Å². The fourth-order valence-electron chi connectivity index (χ4n) is 9.02. The van der Waals surface area contributed by atoms with Crippen molar-refractivity contribution in [1.82, 2.24) is 0 Å². The number of carbonyl (C=O) groups excluding carboxylic acids is 3. The van der Waals surface area contributed by atoms with Crippen molar-refractivity contribution in [1.29, 1.82) is 0 Å². The maximum Gasteiger partial charge on any atom is 0.306 e. The van der Waals surface area contributed by atoms with Crippen LogP contribution in [0.25, 0.3) is 0 Å². The van der Waals surface area contributed by atoms with Crippen molar-refractivity contribution in [2.45, 2.75) is 335 Å². The van der Waals surface area contributed by atoms with Crippen molar-refractivity contribution in [2.24, 2.45) is 0 Å². The first-order chi connectivity index (χ1) is 34.0. The van der Waals surface area contributed by atoms with E-state index < -0.39 is 6.10 Å². The number of esters is 3. The van der Waals surface area contributed by atoms with E-state index >= 15 is 0 Å². The molecule has 0 heterocycles. The number of allylic oxidation sites excluding steroid dienone is 6. The Morgan fingerprint density at radius 3 is 0.899 bits per heavy atom. The summed E-state index contributed by atoms with van der Waals surface area (Å²) >= 11 is 0. The van der Waals surface area contributed by atoms with E-state index in [0.29, 0.717) is 19.3 Å². The first kappa shape index (κ1) is 66.6. The van der Waals surface area contributed by atoms with Gasteiger partial charge in [0.2, 0.25) is 0 Å². The van der Waals surface area contributed by atoms with Gasteiger partial charge in [-0.3, -0.25) is 14.4 Å². The van der Waals surface area contributed by atoms with Crippen molar-refractivity contribution in [3.8, 4) is 0 Å². The van der Waals surface area contributed by atoms with Gasteiger partial charge in [-0.2, -0.15) is 0 Å². The highest BCUT2D eigenvalue weighted by Gasteiger charge is 2.19. The molecule has 1 atom stereocenters. The molecule has 0 spiro atoms. The van der Waals surface area contributed by atoms with Crippen molar-refractivity contribution < 1.29 is 28.6 Å². The summed E-state index contributed by atoms with van der Waals surface area (Å²) < 4.78 is 16.8. The molecule has 0 aromatic carbocycles. The number of rotatable bonds is 56. The van der Waals surface area contributed by atoms with Gasteiger partial charge in [-0.05, 0) is 64.2 Å². The van der Waals surface area contributed by atoms with Gasteiger partial charge in [-0.25, -0.2) is 0 Å². The Bertz CT molecular complexity index is 1160. The Kier molecular flexibility index (Phi) is 56.2. The lowest BCUT2D eigenvalue weighted by molar-refractivity contribution is -0.166. The lowest BCUT2D eigenvalue weighted by Gasteiger charge is -2.18. The second-order valence-corrected chi connectivity index (χ2v) is 20.6. The number of unbranched alkanes of at least 4 members (excludes halogenated alkanes) is 39. The molecule has 69 heavy (non-hydrogen) atoms. The highest BCUT2D eigenvalue weighted by atomic mass is 16.6. The summed E-state index contributed by atoms with van der Waals surface area (Å²) in [4.78, 5) is 38.2. The van der Waals surface area contributed by atoms with Crippen LogP contribution in [0, 0.1) is 0 Å². The molecule has 0 saturated carbocycles. The fraction of sp³-hybridized carbons (Fsp3) is 0.857. The third kappa shape index (κ3) is 56.4. The van der Waals surface area contributed by atoms with Gasteiger partial charge in [0, 0.05) is 19.3 Å². The monoisotopic (exact) mass is 969 g/mol. The molecule has 0 aromatic heterocycles. The number of ether oxygens (including phenoxy) is 3. The number of hydrogen-bond donors (Lipinski definition) is 0. The molecular weight excluding hydrogens is 853 g/mol. The van der Waals surface area contributed by atoms with E-state index in [4.69, 9.17) is 14.2 Å². The van der Waals surface area contributed by atoms with Crippen LogP contribution in [-0.4, -0.2) is 37.2 Å². The van der Waals surface area contributed by atoms with E-state index in [-0.39, 0.29) is 37.5 Å². The van der Waals surface area contributed by atoms with E-state index in [1.54, 1.807) is 0 Å². The SMILES string of the molecule is CCCCCCCC/C=C\C/C=C\CCC(=O)OCC(COC(=O)CCCCCCCCC/C=C\CCCCCCCCCC)OC(=O)CCCCCCCCCCCCCCCCCCCCC. The van der Waals surface area contributed by atoms with Crippen molar-refractivity contribution >= 4 is 17.9 Å². The molecule has 0 aliphatic rings. The van der Waals surface area contributed by atoms with E-state index in [1.165, 1.54) is 231 Å². The molecule has 0 rings (SSSR count). The molecule has 1 unspecified atom stereocenters. The van der Waals surface area contributed by atoms with Crippen LogP contribution >= 0.6 is 0 Å². The largest absolute Gasteiger partial charge is 0.462 e. The molecule has 0 aliphatic heterocycles. The Hall–Kier alpha value is -2.37. The van der Waals surface area contributed by atoms with Gasteiger partial charge in [0.1, 0.15) is 13.2 Å². The highest BCUT2D eigenvalue weighted by Crippen LogP contribution is 2.17. The van der Waals surface area contributed by atoms with Crippen LogP contribution in [0.2, 0.25) is 0 Å². The van der Waals surface area contributed by atoms with Crippen molar-refractivity contribution in [2.75, 3.05) is 13.2 Å². The lowest BCUT2D eigenvalue weighted by Crippen LogP contribution is -2.30. The average Bonchev–Trinajstić information content (AvgIpc) is 3.35. The summed E-state index contributed by atoms with van der Waals surface area (Å²) in [6.45, 7) is 6.63. The van der Waals surface area contributed by atoms with Gasteiger partial charge in [-0.1, -0.05) is 282 Å². The summed E-state index contributed by atoms with van der Waals surface area (Å²) in [6.07, 6.45) is 70.2. The summed E-state index contributed by atoms with van der Waals surface area (Å²) in [6, 6.07) is 0. The zero-order valence-corrected chi connectivity index (χ0v) is 46.3. The minimum absolute atomic E-state index is 0.0877. The fourth-order valence-corrected chi connectivity index (χ4v) is 9.02. The summed E-state index contributed by atoms with van der Waals surface area (Å²) in [5.74, 6) is -0.942. The molecule has 0 N–H and O–H groups in total. The first-order valence-corrected chi connectivity index (χ1v) is 30.5. The van der Waals surface area contributed by atoms with Crippen LogP contribution in [0.3, 0.4) is 0 Å². The normalized spacial score (nSPS) is 12.2. The Balaban J connectivity index is 4.35. The van der Waals surface area contributed by atoms with Gasteiger partial charge in [-0.15, -0.1) is 0 Å². The molecule has 0 aliphatic carbocycles. The quantitative estimate of drug-likeness (QED) is 0.0261. The van der Waals surface area contributed by atoms with E-state index in [2.05, 4.69) is 51.2 Å². The van der Waals surface area contributed by atoms with Crippen LogP contribution < -0.4 is 0 Å². The molecule has 0 saturated heterocycles. The lowest BCUT2D eigenvalue weighted by atomic mass is 10.0. The molecule has 0 radical (unpaired) electrons. The molecule has 0 amide bonds. The Morgan fingerprint density at radius 1 is 0.290 bits per heavy atom. The van der Waals surface area contributed by atoms with Crippen LogP contribution in [0.15, 0.2) is 36.5 Å². The van der Waals surface area contributed by atoms with E-state index in [9.17, 15) is 14.4 Å². The predicted molar refractivity (Wildman–Crippen MR) is 298 cm³/mol. The smallest absolute Gasteiger partial charge is 0.306 e. The third-order valence-electron chi connectivity index (χ3n) is 13.6. The summed E-state index contributed by atoms with van der Waals surface area (Å²) in [5, 5.41) is 0. The van der Waals surface area contributed by atoms with Gasteiger partial charge in [0.25, 0.3) is 0 Å². The molecule has 6 heteroatoms. The van der Waals surface area contributed by atoms with Crippen LogP contribution in [0.1, 0.15) is 329 Å². The molecule has 0 bridgehead atoms. The van der Waals surface area contributed by atoms with Crippen LogP contribution in [-0.2, 0) is 28.6 Å². The second kappa shape index (κ2) is 58.2. The topological polar surface area (TPSA) is 78.9 Å². The average molecular weight is 970 g/mol. The third-order valence-corrected chi connectivity index (χ3v) is 13.6. The Morgan fingerprint density at radius 2 is 0.551 bits per heavy atom. The van der Waals surface area contributed by atoms with Gasteiger partial charge in [0.15, 0.2) is 6.10 Å². The number of hydrogen-bond acceptors (Lipinski definition) is 6. The minimum Gasteiger partial charge on any atom is -0.462 e. The summed E-state index contributed by atoms with van der Waals surface area (Å²) in [5.41, 5.74) is 0. The van der Waals surface area contributed by atoms with E-state index in [0.717, 1.165) is 51.4 Å². The molecule has 0 aromatic rings. The summed E-state index contributed by atoms with van der Waals surface area (Å²) in [7, 11) is 0. The second-order valence-electron chi connectivity index (χ2n) is 20.6.